The van der Waals surface area contributed by atoms with Gasteiger partial charge in [-0.2, -0.15) is 0 Å². The quantitative estimate of drug-likeness (QED) is 0.395. The Kier molecular flexibility index (Phi) is 10.8. The minimum atomic E-state index is -0.00489. The van der Waals surface area contributed by atoms with Gasteiger partial charge in [0.15, 0.2) is 5.96 Å². The molecule has 0 saturated carbocycles. The average molecular weight is 398 g/mol. The van der Waals surface area contributed by atoms with Crippen molar-refractivity contribution in [1.29, 1.82) is 0 Å². The van der Waals surface area contributed by atoms with Crippen molar-refractivity contribution in [2.45, 2.75) is 32.3 Å². The molecule has 7 heteroatoms. The molecule has 1 unspecified atom stereocenters. The van der Waals surface area contributed by atoms with Crippen LogP contribution in [0.4, 0.5) is 0 Å². The zero-order chi connectivity index (χ0) is 14.1. The topological polar surface area (TPSA) is 66.0 Å². The highest BCUT2D eigenvalue weighted by atomic mass is 127. The molecule has 1 amide bonds. The van der Waals surface area contributed by atoms with Gasteiger partial charge in [-0.1, -0.05) is 6.92 Å². The molecule has 0 bridgehead atoms. The number of carbonyl (C=O) groups is 1. The molecule has 1 atom stereocenters. The maximum atomic E-state index is 11.5. The van der Waals surface area contributed by atoms with Gasteiger partial charge in [-0.05, 0) is 19.3 Å². The standard InChI is InChI=1S/C13H26N4O2.HI/c1-4-7-14-13(16-10-12(18)17(2)3)15-9-11-6-5-8-19-11;/h11H,4-10H2,1-3H3,(H2,14,15,16);1H. The molecule has 1 aliphatic rings. The number of rotatable bonds is 6. The van der Waals surface area contributed by atoms with Gasteiger partial charge in [0.05, 0.1) is 6.10 Å². The molecule has 0 aromatic rings. The van der Waals surface area contributed by atoms with Gasteiger partial charge in [-0.25, -0.2) is 4.99 Å². The highest BCUT2D eigenvalue weighted by Crippen LogP contribution is 2.10. The van der Waals surface area contributed by atoms with Crippen molar-refractivity contribution in [2.24, 2.45) is 4.99 Å². The van der Waals surface area contributed by atoms with Crippen LogP contribution in [0.2, 0.25) is 0 Å². The third-order valence-electron chi connectivity index (χ3n) is 2.93. The molecular weight excluding hydrogens is 371 g/mol. The second kappa shape index (κ2) is 11.1. The summed E-state index contributed by atoms with van der Waals surface area (Å²) in [6.07, 6.45) is 3.49. The number of aliphatic imine (C=N–C) groups is 1. The summed E-state index contributed by atoms with van der Waals surface area (Å²) in [6.45, 7) is 4.69. The first-order chi connectivity index (χ1) is 9.13. The predicted octanol–water partition coefficient (Wildman–Crippen LogP) is 0.817. The molecule has 0 aromatic carbocycles. The molecule has 0 radical (unpaired) electrons. The lowest BCUT2D eigenvalue weighted by molar-refractivity contribution is -0.127. The fourth-order valence-corrected chi connectivity index (χ4v) is 1.72. The van der Waals surface area contributed by atoms with E-state index in [1.54, 1.807) is 19.0 Å². The number of nitrogens with zero attached hydrogens (tertiary/aromatic N) is 2. The van der Waals surface area contributed by atoms with Gasteiger partial charge in [-0.15, -0.1) is 24.0 Å². The van der Waals surface area contributed by atoms with Crippen LogP contribution in [0.15, 0.2) is 4.99 Å². The molecule has 0 aliphatic carbocycles. The van der Waals surface area contributed by atoms with Gasteiger partial charge < -0.3 is 20.3 Å². The maximum absolute atomic E-state index is 11.5. The van der Waals surface area contributed by atoms with Crippen LogP contribution >= 0.6 is 24.0 Å². The fraction of sp³-hybridized carbons (Fsp3) is 0.846. The second-order valence-electron chi connectivity index (χ2n) is 4.90. The molecule has 1 heterocycles. The molecule has 20 heavy (non-hydrogen) atoms. The molecule has 118 valence electrons. The monoisotopic (exact) mass is 398 g/mol. The molecular formula is C13H27IN4O2. The van der Waals surface area contributed by atoms with Crippen molar-refractivity contribution in [3.05, 3.63) is 0 Å². The first kappa shape index (κ1) is 19.4. The van der Waals surface area contributed by atoms with Crippen LogP contribution in [-0.2, 0) is 9.53 Å². The van der Waals surface area contributed by atoms with E-state index in [9.17, 15) is 4.79 Å². The minimum Gasteiger partial charge on any atom is -0.376 e. The average Bonchev–Trinajstić information content (AvgIpc) is 2.90. The number of guanidine groups is 1. The van der Waals surface area contributed by atoms with Crippen LogP contribution in [0.3, 0.4) is 0 Å². The van der Waals surface area contributed by atoms with E-state index in [2.05, 4.69) is 22.5 Å². The first-order valence-corrected chi connectivity index (χ1v) is 6.97. The van der Waals surface area contributed by atoms with Crippen LogP contribution < -0.4 is 10.6 Å². The molecule has 1 aliphatic heterocycles. The second-order valence-corrected chi connectivity index (χ2v) is 4.90. The molecule has 0 aromatic heterocycles. The van der Waals surface area contributed by atoms with Crippen LogP contribution in [0.5, 0.6) is 0 Å². The number of amides is 1. The number of likely N-dealkylation sites (N-methyl/N-ethyl adjacent to an activating group) is 1. The maximum Gasteiger partial charge on any atom is 0.243 e. The lowest BCUT2D eigenvalue weighted by atomic mass is 10.2. The number of ether oxygens (including phenoxy) is 1. The van der Waals surface area contributed by atoms with Crippen molar-refractivity contribution in [3.8, 4) is 0 Å². The van der Waals surface area contributed by atoms with E-state index in [4.69, 9.17) is 4.74 Å². The van der Waals surface area contributed by atoms with E-state index in [0.717, 1.165) is 39.0 Å². The molecule has 1 saturated heterocycles. The largest absolute Gasteiger partial charge is 0.376 e. The summed E-state index contributed by atoms with van der Waals surface area (Å²) in [7, 11) is 3.47. The summed E-state index contributed by atoms with van der Waals surface area (Å²) >= 11 is 0. The summed E-state index contributed by atoms with van der Waals surface area (Å²) < 4.78 is 5.55. The molecule has 0 spiro atoms. The van der Waals surface area contributed by atoms with Gasteiger partial charge in [0, 0.05) is 33.8 Å². The third kappa shape index (κ3) is 7.88. The van der Waals surface area contributed by atoms with E-state index >= 15 is 0 Å². The zero-order valence-corrected chi connectivity index (χ0v) is 15.0. The van der Waals surface area contributed by atoms with Crippen molar-refractivity contribution in [1.82, 2.24) is 15.5 Å². The van der Waals surface area contributed by atoms with Crippen molar-refractivity contribution in [2.75, 3.05) is 40.3 Å². The van der Waals surface area contributed by atoms with E-state index in [0.29, 0.717) is 5.96 Å². The highest BCUT2D eigenvalue weighted by molar-refractivity contribution is 14.0. The summed E-state index contributed by atoms with van der Waals surface area (Å²) in [4.78, 5) is 17.4. The van der Waals surface area contributed by atoms with Crippen molar-refractivity contribution >= 4 is 35.8 Å². The lowest BCUT2D eigenvalue weighted by Crippen LogP contribution is -2.42. The van der Waals surface area contributed by atoms with Gasteiger partial charge in [0.25, 0.3) is 0 Å². The fourth-order valence-electron chi connectivity index (χ4n) is 1.72. The van der Waals surface area contributed by atoms with Crippen LogP contribution in [0.1, 0.15) is 26.2 Å². The summed E-state index contributed by atoms with van der Waals surface area (Å²) in [5.41, 5.74) is 0. The lowest BCUT2D eigenvalue weighted by Gasteiger charge is -2.15. The summed E-state index contributed by atoms with van der Waals surface area (Å²) in [5.74, 6) is 0.683. The van der Waals surface area contributed by atoms with E-state index in [1.807, 2.05) is 0 Å². The van der Waals surface area contributed by atoms with Crippen molar-refractivity contribution in [3.63, 3.8) is 0 Å². The van der Waals surface area contributed by atoms with Crippen LogP contribution in [0, 0.1) is 0 Å². The Morgan fingerprint density at radius 3 is 2.70 bits per heavy atom. The number of hydrogen-bond acceptors (Lipinski definition) is 3. The van der Waals surface area contributed by atoms with Crippen molar-refractivity contribution < 1.29 is 9.53 Å². The number of halogens is 1. The smallest absolute Gasteiger partial charge is 0.243 e. The number of nitrogens with one attached hydrogen (secondary N) is 2. The SMILES string of the molecule is CCCNC(=NCC(=O)N(C)C)NCC1CCCO1.I. The Balaban J connectivity index is 0.00000361. The first-order valence-electron chi connectivity index (χ1n) is 6.97. The molecule has 2 N–H and O–H groups in total. The van der Waals surface area contributed by atoms with E-state index in [-0.39, 0.29) is 42.5 Å². The van der Waals surface area contributed by atoms with Gasteiger partial charge >= 0.3 is 0 Å². The van der Waals surface area contributed by atoms with Gasteiger partial charge in [-0.3, -0.25) is 4.79 Å². The zero-order valence-electron chi connectivity index (χ0n) is 12.6. The Morgan fingerprint density at radius 2 is 2.15 bits per heavy atom. The van der Waals surface area contributed by atoms with E-state index < -0.39 is 0 Å². The summed E-state index contributed by atoms with van der Waals surface area (Å²) in [6, 6.07) is 0. The number of hydrogen-bond donors (Lipinski definition) is 2. The Morgan fingerprint density at radius 1 is 1.40 bits per heavy atom. The van der Waals surface area contributed by atoms with Gasteiger partial charge in [0.1, 0.15) is 6.54 Å². The molecule has 1 fully saturated rings. The third-order valence-corrected chi connectivity index (χ3v) is 2.93. The number of carbonyl (C=O) groups excluding carboxylic acids is 1. The summed E-state index contributed by atoms with van der Waals surface area (Å²) in [5, 5.41) is 6.43. The van der Waals surface area contributed by atoms with Crippen LogP contribution in [0.25, 0.3) is 0 Å². The normalized spacial score (nSPS) is 18.4. The van der Waals surface area contributed by atoms with E-state index in [1.165, 1.54) is 0 Å². The highest BCUT2D eigenvalue weighted by Gasteiger charge is 2.15. The molecule has 6 nitrogen and oxygen atoms in total. The Labute approximate surface area is 138 Å². The van der Waals surface area contributed by atoms with Crippen LogP contribution in [-0.4, -0.2) is 63.2 Å². The predicted molar refractivity (Wildman–Crippen MR) is 91.7 cm³/mol. The Bertz CT molecular complexity index is 305. The molecule has 1 rings (SSSR count). The Hall–Kier alpha value is -0.570. The minimum absolute atomic E-state index is 0. The van der Waals surface area contributed by atoms with Gasteiger partial charge in [0.2, 0.25) is 5.91 Å².